The SMILES string of the molecule is CCOC(=O)c1c(-c2ccc(Br)cc2)csc1NC(=O)C12CC3CC(CC(C3)C1)C2. The highest BCUT2D eigenvalue weighted by atomic mass is 79.9. The number of hydrogen-bond acceptors (Lipinski definition) is 4. The van der Waals surface area contributed by atoms with Gasteiger partial charge >= 0.3 is 5.97 Å². The smallest absolute Gasteiger partial charge is 0.341 e. The number of hydrogen-bond donors (Lipinski definition) is 1. The van der Waals surface area contributed by atoms with Crippen LogP contribution in [0.15, 0.2) is 34.1 Å². The number of ether oxygens (including phenoxy) is 1. The van der Waals surface area contributed by atoms with Crippen LogP contribution in [0.1, 0.15) is 55.8 Å². The van der Waals surface area contributed by atoms with Gasteiger partial charge in [0, 0.05) is 15.4 Å². The van der Waals surface area contributed by atoms with Crippen molar-refractivity contribution in [3.05, 3.63) is 39.7 Å². The van der Waals surface area contributed by atoms with Crippen LogP contribution < -0.4 is 5.32 Å². The lowest BCUT2D eigenvalue weighted by Gasteiger charge is -2.55. The van der Waals surface area contributed by atoms with Gasteiger partial charge in [-0.05, 0) is 80.9 Å². The zero-order chi connectivity index (χ0) is 20.9. The van der Waals surface area contributed by atoms with Crippen LogP contribution in [0.3, 0.4) is 0 Å². The Labute approximate surface area is 189 Å². The summed E-state index contributed by atoms with van der Waals surface area (Å²) < 4.78 is 6.33. The Hall–Kier alpha value is -1.66. The van der Waals surface area contributed by atoms with Gasteiger partial charge in [-0.1, -0.05) is 28.1 Å². The van der Waals surface area contributed by atoms with Crippen molar-refractivity contribution in [1.82, 2.24) is 0 Å². The molecule has 30 heavy (non-hydrogen) atoms. The van der Waals surface area contributed by atoms with Crippen LogP contribution in [0.2, 0.25) is 0 Å². The van der Waals surface area contributed by atoms with E-state index in [2.05, 4.69) is 21.2 Å². The quantitative estimate of drug-likeness (QED) is 0.489. The molecule has 4 fully saturated rings. The van der Waals surface area contributed by atoms with E-state index in [-0.39, 0.29) is 17.3 Å². The standard InChI is InChI=1S/C24H26BrNO3S/c1-2-29-22(27)20-19(17-3-5-18(25)6-4-17)13-30-21(20)26-23(28)24-10-14-7-15(11-24)9-16(8-14)12-24/h3-6,13-16H,2,7-12H2,1H3,(H,26,28). The molecule has 158 valence electrons. The summed E-state index contributed by atoms with van der Waals surface area (Å²) in [5.41, 5.74) is 1.98. The van der Waals surface area contributed by atoms with E-state index in [9.17, 15) is 9.59 Å². The zero-order valence-corrected chi connectivity index (χ0v) is 19.5. The molecule has 0 aliphatic heterocycles. The maximum atomic E-state index is 13.5. The number of benzene rings is 1. The van der Waals surface area contributed by atoms with Crippen LogP contribution >= 0.6 is 27.3 Å². The van der Waals surface area contributed by atoms with Crippen LogP contribution in [0.4, 0.5) is 5.00 Å². The van der Waals surface area contributed by atoms with E-state index in [0.29, 0.717) is 34.9 Å². The molecule has 1 amide bonds. The summed E-state index contributed by atoms with van der Waals surface area (Å²) in [6, 6.07) is 7.85. The van der Waals surface area contributed by atoms with Crippen molar-refractivity contribution in [3.8, 4) is 11.1 Å². The highest BCUT2D eigenvalue weighted by molar-refractivity contribution is 9.10. The van der Waals surface area contributed by atoms with E-state index < -0.39 is 0 Å². The zero-order valence-electron chi connectivity index (χ0n) is 17.1. The Kier molecular flexibility index (Phi) is 5.26. The van der Waals surface area contributed by atoms with Gasteiger partial charge in [-0.25, -0.2) is 4.79 Å². The van der Waals surface area contributed by atoms with Crippen molar-refractivity contribution >= 4 is 44.1 Å². The van der Waals surface area contributed by atoms with E-state index in [1.54, 1.807) is 6.92 Å². The lowest BCUT2D eigenvalue weighted by molar-refractivity contribution is -0.140. The van der Waals surface area contributed by atoms with Crippen molar-refractivity contribution in [2.75, 3.05) is 11.9 Å². The predicted molar refractivity (Wildman–Crippen MR) is 123 cm³/mol. The number of anilines is 1. The van der Waals surface area contributed by atoms with Crippen LogP contribution in [0.5, 0.6) is 0 Å². The second-order valence-corrected chi connectivity index (χ2v) is 11.0. The van der Waals surface area contributed by atoms with Crippen LogP contribution in [-0.4, -0.2) is 18.5 Å². The lowest BCUT2D eigenvalue weighted by atomic mass is 9.49. The number of carbonyl (C=O) groups is 2. The van der Waals surface area contributed by atoms with E-state index >= 15 is 0 Å². The van der Waals surface area contributed by atoms with Gasteiger partial charge in [0.05, 0.1) is 12.0 Å². The molecule has 0 atom stereocenters. The minimum absolute atomic E-state index is 0.108. The van der Waals surface area contributed by atoms with Crippen LogP contribution in [0, 0.1) is 23.2 Å². The van der Waals surface area contributed by atoms with Crippen molar-refractivity contribution in [2.24, 2.45) is 23.2 Å². The second-order valence-electron chi connectivity index (χ2n) is 9.23. The predicted octanol–water partition coefficient (Wildman–Crippen LogP) is 6.51. The molecule has 4 saturated carbocycles. The van der Waals surface area contributed by atoms with Gasteiger partial charge in [0.25, 0.3) is 0 Å². The fourth-order valence-electron chi connectivity index (χ4n) is 6.32. The lowest BCUT2D eigenvalue weighted by Crippen LogP contribution is -2.51. The summed E-state index contributed by atoms with van der Waals surface area (Å²) in [7, 11) is 0. The van der Waals surface area contributed by atoms with E-state index in [1.807, 2.05) is 29.6 Å². The molecule has 0 saturated heterocycles. The molecule has 1 heterocycles. The number of carbonyl (C=O) groups excluding carboxylic acids is 2. The largest absolute Gasteiger partial charge is 0.462 e. The first-order chi connectivity index (χ1) is 14.5. The molecule has 1 N–H and O–H groups in total. The summed E-state index contributed by atoms with van der Waals surface area (Å²) in [4.78, 5) is 26.4. The number of halogens is 1. The first-order valence-corrected chi connectivity index (χ1v) is 12.5. The molecular weight excluding hydrogens is 462 g/mol. The van der Waals surface area contributed by atoms with Crippen LogP contribution in [0.25, 0.3) is 11.1 Å². The number of nitrogens with one attached hydrogen (secondary N) is 1. The number of thiophene rings is 1. The normalized spacial score (nSPS) is 29.1. The number of rotatable bonds is 5. The molecule has 6 rings (SSSR count). The van der Waals surface area contributed by atoms with Gasteiger partial charge in [-0.3, -0.25) is 4.79 Å². The third-order valence-electron chi connectivity index (χ3n) is 7.17. The van der Waals surface area contributed by atoms with Gasteiger partial charge in [0.1, 0.15) is 10.6 Å². The highest BCUT2D eigenvalue weighted by Gasteiger charge is 2.54. The fraction of sp³-hybridized carbons (Fsp3) is 0.500. The van der Waals surface area contributed by atoms with Crippen molar-refractivity contribution < 1.29 is 14.3 Å². The number of amides is 1. The summed E-state index contributed by atoms with van der Waals surface area (Å²) in [6.45, 7) is 2.11. The summed E-state index contributed by atoms with van der Waals surface area (Å²) in [6.07, 6.45) is 6.91. The Morgan fingerprint density at radius 2 is 1.70 bits per heavy atom. The van der Waals surface area contributed by atoms with Gasteiger partial charge in [0.2, 0.25) is 5.91 Å². The Morgan fingerprint density at radius 3 is 2.27 bits per heavy atom. The molecule has 0 spiro atoms. The van der Waals surface area contributed by atoms with E-state index in [0.717, 1.165) is 34.9 Å². The van der Waals surface area contributed by atoms with Crippen molar-refractivity contribution in [2.45, 2.75) is 45.4 Å². The minimum atomic E-state index is -0.377. The van der Waals surface area contributed by atoms with Gasteiger partial charge in [-0.15, -0.1) is 11.3 Å². The first-order valence-electron chi connectivity index (χ1n) is 10.8. The molecule has 0 radical (unpaired) electrons. The maximum Gasteiger partial charge on any atom is 0.341 e. The third kappa shape index (κ3) is 3.52. The monoisotopic (exact) mass is 487 g/mol. The van der Waals surface area contributed by atoms with E-state index in [1.165, 1.54) is 30.6 Å². The molecule has 6 heteroatoms. The van der Waals surface area contributed by atoms with Crippen molar-refractivity contribution in [3.63, 3.8) is 0 Å². The molecule has 1 aromatic heterocycles. The average Bonchev–Trinajstić information content (AvgIpc) is 3.11. The Bertz CT molecular complexity index is 946. The average molecular weight is 488 g/mol. The molecule has 2 aromatic rings. The molecule has 1 aromatic carbocycles. The molecular formula is C24H26BrNO3S. The molecule has 4 nitrogen and oxygen atoms in total. The maximum absolute atomic E-state index is 13.5. The van der Waals surface area contributed by atoms with Gasteiger partial charge < -0.3 is 10.1 Å². The summed E-state index contributed by atoms with van der Waals surface area (Å²) in [5.74, 6) is 1.84. The van der Waals surface area contributed by atoms with E-state index in [4.69, 9.17) is 4.74 Å². The third-order valence-corrected chi connectivity index (χ3v) is 8.60. The Balaban J connectivity index is 1.46. The molecule has 4 bridgehead atoms. The van der Waals surface area contributed by atoms with Crippen LogP contribution in [-0.2, 0) is 9.53 Å². The van der Waals surface area contributed by atoms with Gasteiger partial charge in [0.15, 0.2) is 0 Å². The van der Waals surface area contributed by atoms with Gasteiger partial charge in [-0.2, -0.15) is 0 Å². The fourth-order valence-corrected chi connectivity index (χ4v) is 7.54. The summed E-state index contributed by atoms with van der Waals surface area (Å²) >= 11 is 4.88. The first kappa shape index (κ1) is 20.3. The topological polar surface area (TPSA) is 55.4 Å². The Morgan fingerprint density at radius 1 is 1.10 bits per heavy atom. The minimum Gasteiger partial charge on any atom is -0.462 e. The highest BCUT2D eigenvalue weighted by Crippen LogP contribution is 2.60. The van der Waals surface area contributed by atoms with Crippen molar-refractivity contribution in [1.29, 1.82) is 0 Å². The number of esters is 1. The molecule has 4 aliphatic carbocycles. The molecule has 4 aliphatic rings. The molecule has 0 unspecified atom stereocenters. The summed E-state index contributed by atoms with van der Waals surface area (Å²) in [5, 5.41) is 5.74. The second kappa shape index (κ2) is 7.79.